The third kappa shape index (κ3) is 52.0. The molecule has 112 heavy (non-hydrogen) atoms. The van der Waals surface area contributed by atoms with E-state index in [1.54, 1.807) is 0 Å². The van der Waals surface area contributed by atoms with Crippen LogP contribution in [0.25, 0.3) is 0 Å². The molecule has 6 atom stereocenters. The van der Waals surface area contributed by atoms with E-state index >= 15 is 0 Å². The minimum atomic E-state index is -2.12. The molecular formula is C96H200N4O8Si4. The summed E-state index contributed by atoms with van der Waals surface area (Å²) in [6.45, 7) is 70.0. The summed E-state index contributed by atoms with van der Waals surface area (Å²) >= 11 is 0. The van der Waals surface area contributed by atoms with E-state index in [4.69, 9.17) is 27.2 Å². The summed E-state index contributed by atoms with van der Waals surface area (Å²) in [5.74, 6) is -0.232. The smallest absolute Gasteiger partial charge is 0.307 e. The van der Waals surface area contributed by atoms with E-state index in [2.05, 4.69) is 197 Å². The lowest BCUT2D eigenvalue weighted by molar-refractivity contribution is -0.146. The van der Waals surface area contributed by atoms with Gasteiger partial charge in [-0.1, -0.05) is 368 Å². The summed E-state index contributed by atoms with van der Waals surface area (Å²) in [7, 11) is -8.46. The number of hydrogen-bond donors (Lipinski definition) is 0. The zero-order chi connectivity index (χ0) is 84.2. The van der Waals surface area contributed by atoms with Crippen molar-refractivity contribution in [3.63, 3.8) is 0 Å². The van der Waals surface area contributed by atoms with Crippen LogP contribution in [0, 0.1) is 0 Å². The molecule has 1 rings (SSSR count). The zero-order valence-electron chi connectivity index (χ0n) is 80.5. The van der Waals surface area contributed by atoms with Gasteiger partial charge in [0, 0.05) is 77.5 Å². The summed E-state index contributed by atoms with van der Waals surface area (Å²) in [5.41, 5.74) is 0. The number of rotatable bonds is 72. The maximum Gasteiger partial charge on any atom is 0.307 e. The van der Waals surface area contributed by atoms with Crippen LogP contribution in [0.2, 0.25) is 72.5 Å². The second-order valence-corrected chi connectivity index (χ2v) is 61.1. The van der Waals surface area contributed by atoms with Crippen molar-refractivity contribution < 1.29 is 36.8 Å². The molecule has 16 heteroatoms. The second-order valence-electron chi connectivity index (χ2n) is 42.0. The summed E-state index contributed by atoms with van der Waals surface area (Å²) in [6, 6.07) is 0.528. The van der Waals surface area contributed by atoms with Crippen molar-refractivity contribution in [1.82, 2.24) is 19.6 Å². The molecule has 1 aliphatic rings. The minimum absolute atomic E-state index is 0.0948. The molecule has 668 valence electrons. The first kappa shape index (κ1) is 109. The molecule has 0 aromatic heterocycles. The number of piperazine rings is 1. The molecule has 0 aromatic rings. The van der Waals surface area contributed by atoms with E-state index in [0.717, 1.165) is 65.0 Å². The van der Waals surface area contributed by atoms with Gasteiger partial charge in [-0.15, -0.1) is 0 Å². The van der Waals surface area contributed by atoms with Crippen LogP contribution in [0.15, 0.2) is 0 Å². The van der Waals surface area contributed by atoms with Gasteiger partial charge in [-0.25, -0.2) is 0 Å². The average Bonchev–Trinajstić information content (AvgIpc) is 0.833. The Morgan fingerprint density at radius 3 is 0.670 bits per heavy atom. The molecule has 1 fully saturated rings. The van der Waals surface area contributed by atoms with E-state index in [-0.39, 0.29) is 68.6 Å². The van der Waals surface area contributed by atoms with Crippen molar-refractivity contribution in [2.75, 3.05) is 78.7 Å². The first-order valence-corrected chi connectivity index (χ1v) is 60.2. The number of esters is 2. The molecule has 0 aliphatic carbocycles. The molecule has 0 saturated carbocycles. The van der Waals surface area contributed by atoms with Crippen LogP contribution in [-0.2, 0) is 36.8 Å². The number of hydrogen-bond acceptors (Lipinski definition) is 12. The highest BCUT2D eigenvalue weighted by Gasteiger charge is 2.44. The van der Waals surface area contributed by atoms with Gasteiger partial charge >= 0.3 is 11.9 Å². The quantitative estimate of drug-likeness (QED) is 0.0329. The fourth-order valence-electron chi connectivity index (χ4n) is 15.3. The summed E-state index contributed by atoms with van der Waals surface area (Å²) < 4.78 is 42.3. The Morgan fingerprint density at radius 1 is 0.312 bits per heavy atom. The van der Waals surface area contributed by atoms with Gasteiger partial charge < -0.3 is 27.2 Å². The van der Waals surface area contributed by atoms with Crippen molar-refractivity contribution in [3.8, 4) is 0 Å². The van der Waals surface area contributed by atoms with E-state index < -0.39 is 33.3 Å². The van der Waals surface area contributed by atoms with Gasteiger partial charge in [-0.3, -0.25) is 29.2 Å². The number of carbonyl (C=O) groups is 2. The largest absolute Gasteiger partial charge is 0.464 e. The lowest BCUT2D eigenvalue weighted by atomic mass is 10.0. The van der Waals surface area contributed by atoms with Gasteiger partial charge in [0.1, 0.15) is 13.2 Å². The Balaban J connectivity index is 3.36. The first-order chi connectivity index (χ1) is 52.6. The highest BCUT2D eigenvalue weighted by Crippen LogP contribution is 2.42. The number of ether oxygens (including phenoxy) is 2. The molecule has 0 radical (unpaired) electrons. The van der Waals surface area contributed by atoms with E-state index in [0.29, 0.717) is 52.2 Å². The van der Waals surface area contributed by atoms with Gasteiger partial charge in [-0.05, 0) is 112 Å². The van der Waals surface area contributed by atoms with Gasteiger partial charge in [0.2, 0.25) is 0 Å². The van der Waals surface area contributed by atoms with Gasteiger partial charge in [0.25, 0.3) is 0 Å². The fourth-order valence-corrected chi connectivity index (χ4v) is 20.8. The van der Waals surface area contributed by atoms with Crippen molar-refractivity contribution in [1.29, 1.82) is 0 Å². The molecule has 6 unspecified atom stereocenters. The lowest BCUT2D eigenvalue weighted by Gasteiger charge is -2.44. The third-order valence-corrected chi connectivity index (χ3v) is 45.4. The Morgan fingerprint density at radius 2 is 0.491 bits per heavy atom. The predicted octanol–water partition coefficient (Wildman–Crippen LogP) is 28.7. The van der Waals surface area contributed by atoms with Gasteiger partial charge in [-0.2, -0.15) is 0 Å². The third-order valence-electron chi connectivity index (χ3n) is 27.2. The molecule has 0 aromatic carbocycles. The molecule has 1 aliphatic heterocycles. The Kier molecular flexibility index (Phi) is 59.5. The number of carbonyl (C=O) groups excluding carboxylic acids is 2. The zero-order valence-corrected chi connectivity index (χ0v) is 84.5. The summed E-state index contributed by atoms with van der Waals surface area (Å²) in [4.78, 5) is 38.5. The summed E-state index contributed by atoms with van der Waals surface area (Å²) in [5, 5.41) is 0.379. The Hall–Kier alpha value is -0.512. The molecule has 0 spiro atoms. The van der Waals surface area contributed by atoms with Crippen LogP contribution in [0.4, 0.5) is 0 Å². The van der Waals surface area contributed by atoms with Crippen LogP contribution in [0.3, 0.4) is 0 Å². The van der Waals surface area contributed by atoms with E-state index in [1.165, 1.54) is 257 Å². The molecule has 0 bridgehead atoms. The predicted molar refractivity (Wildman–Crippen MR) is 500 cm³/mol. The SMILES string of the molecule is CCCCCCCCCCCCC(CN(CCC(=O)OCCN1CC(C)N(CCOC(=O)CCN(CC(CCCCCCCCCCCC)O[Si](C)(C)C(C)(C)C)CC(CCCCCCCCCCCC)O[Si](C)(C)C(C)(C)C)CC1C)CC(CCCCCCCCCCCC)O[Si](C)(C)C(C)(C)C)O[Si](C)(C)C(C)(C)C. The van der Waals surface area contributed by atoms with Gasteiger partial charge in [0.05, 0.1) is 37.3 Å². The fraction of sp³-hybridized carbons (Fsp3) is 0.979. The van der Waals surface area contributed by atoms with Crippen molar-refractivity contribution in [2.24, 2.45) is 0 Å². The van der Waals surface area contributed by atoms with Crippen LogP contribution in [-0.4, -0.2) is 180 Å². The highest BCUT2D eigenvalue weighted by molar-refractivity contribution is 6.75. The average molecular weight is 1650 g/mol. The maximum absolute atomic E-state index is 14.2. The number of nitrogens with zero attached hydrogens (tertiary/aromatic N) is 4. The van der Waals surface area contributed by atoms with Gasteiger partial charge in [0.15, 0.2) is 33.3 Å². The van der Waals surface area contributed by atoms with Crippen LogP contribution < -0.4 is 0 Å². The first-order valence-electron chi connectivity index (χ1n) is 48.6. The number of unbranched alkanes of at least 4 members (excludes halogenated alkanes) is 36. The molecule has 1 heterocycles. The maximum atomic E-state index is 14.2. The standard InChI is InChI=1S/C96H200N4O8Si4/c1-27-31-35-39-43-47-51-55-59-63-67-87(105-109(19,20)93(7,8)9)81-97(82-88(106-110(21,22)94(10,11)12)68-64-60-56-52-48-44-40-36-32-28-2)73-71-91(101)103-77-75-99-79-86(6)100(80-85(99)5)76-78-104-92(102)72-74-98(83-89(107-111(23,24)95(13,14)15)69-65-61-57-53-49-45-41-37-33-29-3)84-90(108-112(25,26)96(16,17)18)70-66-62-58-54-50-46-42-38-34-30-4/h85-90H,27-84H2,1-26H3. The van der Waals surface area contributed by atoms with E-state index in [9.17, 15) is 9.59 Å². The van der Waals surface area contributed by atoms with Crippen molar-refractivity contribution >= 4 is 45.2 Å². The molecule has 0 amide bonds. The molecule has 1 saturated heterocycles. The molecule has 0 N–H and O–H groups in total. The van der Waals surface area contributed by atoms with E-state index in [1.807, 2.05) is 0 Å². The van der Waals surface area contributed by atoms with Crippen LogP contribution in [0.5, 0.6) is 0 Å². The van der Waals surface area contributed by atoms with Crippen molar-refractivity contribution in [2.45, 2.75) is 529 Å². The minimum Gasteiger partial charge on any atom is -0.464 e. The summed E-state index contributed by atoms with van der Waals surface area (Å²) in [6.07, 6.45) is 58.1. The van der Waals surface area contributed by atoms with Crippen LogP contribution >= 0.6 is 0 Å². The van der Waals surface area contributed by atoms with Crippen LogP contribution in [0.1, 0.15) is 420 Å². The molecule has 12 nitrogen and oxygen atoms in total. The highest BCUT2D eigenvalue weighted by atomic mass is 28.4. The second kappa shape index (κ2) is 60.9. The van der Waals surface area contributed by atoms with Crippen molar-refractivity contribution in [3.05, 3.63) is 0 Å². The topological polar surface area (TPSA) is 102 Å². The lowest BCUT2D eigenvalue weighted by Crippen LogP contribution is -2.57. The normalized spacial score (nSPS) is 16.8. The molecular weight excluding hydrogens is 1450 g/mol. The Bertz CT molecular complexity index is 2000. The Labute approximate surface area is 704 Å². The monoisotopic (exact) mass is 1650 g/mol.